The highest BCUT2D eigenvalue weighted by molar-refractivity contribution is 6.05. The summed E-state index contributed by atoms with van der Waals surface area (Å²) in [7, 11) is 0. The van der Waals surface area contributed by atoms with Crippen molar-refractivity contribution in [1.82, 2.24) is 34.9 Å². The minimum absolute atomic E-state index is 0.0356. The van der Waals surface area contributed by atoms with Crippen LogP contribution in [0.25, 0.3) is 16.7 Å². The molecule has 6 rings (SSSR count). The average molecular weight is 498 g/mol. The van der Waals surface area contributed by atoms with Gasteiger partial charge in [0.15, 0.2) is 11.3 Å². The summed E-state index contributed by atoms with van der Waals surface area (Å²) in [5, 5.41) is 15.3. The third-order valence-electron chi connectivity index (χ3n) is 6.74. The molecule has 1 aromatic carbocycles. The topological polar surface area (TPSA) is 110 Å². The molecule has 1 N–H and O–H groups in total. The van der Waals surface area contributed by atoms with Crippen molar-refractivity contribution in [2.45, 2.75) is 26.3 Å². The van der Waals surface area contributed by atoms with E-state index in [4.69, 9.17) is 4.74 Å². The fraction of sp³-hybridized carbons (Fsp3) is 0.391. The summed E-state index contributed by atoms with van der Waals surface area (Å²) in [4.78, 5) is 24.0. The van der Waals surface area contributed by atoms with Crippen molar-refractivity contribution in [2.75, 3.05) is 31.6 Å². The number of fused-ring (bicyclic) bond motifs is 3. The number of pyridine rings is 1. The van der Waals surface area contributed by atoms with E-state index >= 15 is 0 Å². The maximum atomic E-state index is 14.8. The Morgan fingerprint density at radius 2 is 1.92 bits per heavy atom. The number of nitrogens with one attached hydrogen (secondary N) is 1. The van der Waals surface area contributed by atoms with Crippen molar-refractivity contribution in [3.8, 4) is 0 Å². The summed E-state index contributed by atoms with van der Waals surface area (Å²) in [6.45, 7) is 5.76. The summed E-state index contributed by atoms with van der Waals surface area (Å²) in [6.07, 6.45) is -2.94. The predicted octanol–water partition coefficient (Wildman–Crippen LogP) is 3.10. The quantitative estimate of drug-likeness (QED) is 0.447. The Bertz CT molecular complexity index is 1510. The predicted molar refractivity (Wildman–Crippen MR) is 121 cm³/mol. The minimum Gasteiger partial charge on any atom is -0.380 e. The smallest absolute Gasteiger partial charge is 0.266 e. The number of hydrogen-bond donors (Lipinski definition) is 1. The van der Waals surface area contributed by atoms with Gasteiger partial charge in [-0.15, -0.1) is 5.10 Å². The number of carbonyl (C=O) groups is 1. The molecule has 0 saturated carbocycles. The number of tetrazole rings is 1. The van der Waals surface area contributed by atoms with E-state index in [9.17, 15) is 18.0 Å². The Morgan fingerprint density at radius 1 is 1.17 bits per heavy atom. The third-order valence-corrected chi connectivity index (χ3v) is 6.74. The summed E-state index contributed by atoms with van der Waals surface area (Å²) in [5.74, 6) is -0.534. The molecule has 1 amide bonds. The minimum atomic E-state index is -2.94. The number of halogens is 3. The van der Waals surface area contributed by atoms with Crippen LogP contribution >= 0.6 is 0 Å². The molecule has 2 aliphatic heterocycles. The van der Waals surface area contributed by atoms with E-state index in [0.29, 0.717) is 49.0 Å². The van der Waals surface area contributed by atoms with E-state index in [2.05, 4.69) is 30.8 Å². The van der Waals surface area contributed by atoms with Gasteiger partial charge in [-0.05, 0) is 30.3 Å². The second-order valence-electron chi connectivity index (χ2n) is 9.40. The largest absolute Gasteiger partial charge is 0.380 e. The Morgan fingerprint density at radius 3 is 2.61 bits per heavy atom. The molecule has 2 fully saturated rings. The number of aromatic nitrogens is 6. The number of likely N-dealkylation sites (tertiary alicyclic amines) is 1. The number of alkyl halides is 2. The third kappa shape index (κ3) is 3.45. The Labute approximate surface area is 202 Å². The fourth-order valence-electron chi connectivity index (χ4n) is 4.84. The van der Waals surface area contributed by atoms with Crippen molar-refractivity contribution < 1.29 is 22.7 Å². The molecule has 36 heavy (non-hydrogen) atoms. The van der Waals surface area contributed by atoms with Gasteiger partial charge in [0.2, 0.25) is 0 Å². The van der Waals surface area contributed by atoms with Crippen molar-refractivity contribution in [1.29, 1.82) is 0 Å². The first kappa shape index (κ1) is 22.6. The number of carbonyl (C=O) groups excluding carboxylic acids is 1. The van der Waals surface area contributed by atoms with E-state index in [0.717, 1.165) is 6.07 Å². The van der Waals surface area contributed by atoms with Gasteiger partial charge >= 0.3 is 0 Å². The number of aryl methyl sites for hydroxylation is 1. The maximum absolute atomic E-state index is 14.8. The molecule has 1 spiro atoms. The molecule has 13 heteroatoms. The van der Waals surface area contributed by atoms with Crippen LogP contribution in [-0.2, 0) is 4.74 Å². The molecule has 5 heterocycles. The van der Waals surface area contributed by atoms with Gasteiger partial charge in [0.05, 0.1) is 41.2 Å². The molecule has 3 aromatic heterocycles. The lowest BCUT2D eigenvalue weighted by molar-refractivity contribution is -0.176. The van der Waals surface area contributed by atoms with Crippen LogP contribution in [0, 0.1) is 18.2 Å². The molecule has 186 valence electrons. The monoisotopic (exact) mass is 498 g/mol. The molecular weight excluding hydrogens is 477 g/mol. The number of rotatable bonds is 5. The Hall–Kier alpha value is -3.87. The summed E-state index contributed by atoms with van der Waals surface area (Å²) >= 11 is 0. The molecule has 0 radical (unpaired) electrons. The zero-order valence-electron chi connectivity index (χ0n) is 19.4. The average Bonchev–Trinajstić information content (AvgIpc) is 3.27. The molecule has 10 nitrogen and oxygen atoms in total. The second-order valence-corrected chi connectivity index (χ2v) is 9.40. The molecule has 4 aromatic rings. The number of benzene rings is 1. The van der Waals surface area contributed by atoms with Crippen molar-refractivity contribution in [3.63, 3.8) is 0 Å². The van der Waals surface area contributed by atoms with Gasteiger partial charge in [0.1, 0.15) is 17.5 Å². The van der Waals surface area contributed by atoms with Gasteiger partial charge in [-0.3, -0.25) is 4.79 Å². The SMILES string of the molecule is Cc1nc(N[C@H](C)c2cccc(C(F)F)c2F)c2cc(C(=O)N3CC4(COC4)C3)c3nnnn3c2n1. The van der Waals surface area contributed by atoms with Gasteiger partial charge in [0, 0.05) is 18.7 Å². The van der Waals surface area contributed by atoms with Crippen LogP contribution in [0.2, 0.25) is 0 Å². The van der Waals surface area contributed by atoms with Gasteiger partial charge < -0.3 is 15.0 Å². The molecule has 2 saturated heterocycles. The standard InChI is InChI=1S/C23H21F3N8O2/c1-11(13-4-3-5-14(17(13)24)18(25)26)27-19-15-6-16(22(35)33-7-23(8-33)9-36-10-23)21-30-31-32-34(21)20(15)29-12(2)28-19/h3-6,11,18H,7-10H2,1-2H3,(H,27,28,29)/t11-/m1/s1. The molecule has 2 aliphatic rings. The fourth-order valence-corrected chi connectivity index (χ4v) is 4.84. The summed E-state index contributed by atoms with van der Waals surface area (Å²) in [6, 6.07) is 4.77. The zero-order chi connectivity index (χ0) is 25.2. The molecule has 0 aliphatic carbocycles. The van der Waals surface area contributed by atoms with Crippen molar-refractivity contribution in [3.05, 3.63) is 52.6 Å². The van der Waals surface area contributed by atoms with Gasteiger partial charge in [0.25, 0.3) is 12.3 Å². The van der Waals surface area contributed by atoms with E-state index < -0.39 is 23.8 Å². The zero-order valence-corrected chi connectivity index (χ0v) is 19.4. The van der Waals surface area contributed by atoms with E-state index in [-0.39, 0.29) is 28.1 Å². The first-order chi connectivity index (χ1) is 17.3. The number of amides is 1. The number of hydrogen-bond acceptors (Lipinski definition) is 8. The van der Waals surface area contributed by atoms with Crippen LogP contribution in [0.15, 0.2) is 24.3 Å². The molecule has 0 bridgehead atoms. The van der Waals surface area contributed by atoms with Crippen LogP contribution in [0.5, 0.6) is 0 Å². The highest BCUT2D eigenvalue weighted by Crippen LogP contribution is 2.39. The highest BCUT2D eigenvalue weighted by atomic mass is 19.3. The van der Waals surface area contributed by atoms with E-state index in [1.165, 1.54) is 16.6 Å². The number of nitrogens with zero attached hydrogens (tertiary/aromatic N) is 7. The normalized spacial score (nSPS) is 17.4. The Kier molecular flexibility index (Phi) is 5.07. The highest BCUT2D eigenvalue weighted by Gasteiger charge is 2.51. The van der Waals surface area contributed by atoms with E-state index in [1.807, 2.05) is 0 Å². The Balaban J connectivity index is 1.41. The lowest BCUT2D eigenvalue weighted by atomic mass is 9.78. The van der Waals surface area contributed by atoms with Crippen molar-refractivity contribution in [2.24, 2.45) is 5.41 Å². The lowest BCUT2D eigenvalue weighted by Gasteiger charge is -2.54. The molecular formula is C23H21F3N8O2. The van der Waals surface area contributed by atoms with Crippen LogP contribution in [0.1, 0.15) is 46.7 Å². The maximum Gasteiger partial charge on any atom is 0.266 e. The second kappa shape index (κ2) is 8.08. The summed E-state index contributed by atoms with van der Waals surface area (Å²) in [5.41, 5.74) is 0.308. The molecule has 0 unspecified atom stereocenters. The lowest BCUT2D eigenvalue weighted by Crippen LogP contribution is -2.67. The first-order valence-corrected chi connectivity index (χ1v) is 11.4. The van der Waals surface area contributed by atoms with Crippen LogP contribution in [0.4, 0.5) is 19.0 Å². The van der Waals surface area contributed by atoms with Crippen LogP contribution < -0.4 is 5.32 Å². The van der Waals surface area contributed by atoms with Crippen LogP contribution in [-0.4, -0.2) is 67.1 Å². The van der Waals surface area contributed by atoms with Gasteiger partial charge in [-0.1, -0.05) is 18.2 Å². The van der Waals surface area contributed by atoms with Gasteiger partial charge in [-0.2, -0.15) is 4.52 Å². The van der Waals surface area contributed by atoms with Crippen LogP contribution in [0.3, 0.4) is 0 Å². The van der Waals surface area contributed by atoms with Crippen molar-refractivity contribution >= 4 is 28.4 Å². The van der Waals surface area contributed by atoms with E-state index in [1.54, 1.807) is 24.8 Å². The number of ether oxygens (including phenoxy) is 1. The number of anilines is 1. The first-order valence-electron chi connectivity index (χ1n) is 11.4. The van der Waals surface area contributed by atoms with Gasteiger partial charge in [-0.25, -0.2) is 23.1 Å². The molecule has 1 atom stereocenters. The summed E-state index contributed by atoms with van der Waals surface area (Å²) < 4.78 is 47.9.